The first-order valence-electron chi connectivity index (χ1n) is 8.59. The van der Waals surface area contributed by atoms with Crippen molar-refractivity contribution < 1.29 is 9.53 Å². The van der Waals surface area contributed by atoms with Crippen molar-refractivity contribution in [2.45, 2.75) is 77.6 Å². The molecule has 0 amide bonds. The summed E-state index contributed by atoms with van der Waals surface area (Å²) in [5, 5.41) is 9.34. The van der Waals surface area contributed by atoms with Crippen LogP contribution in [0.25, 0.3) is 0 Å². The molecule has 0 aliphatic rings. The van der Waals surface area contributed by atoms with Crippen LogP contribution in [0.3, 0.4) is 0 Å². The van der Waals surface area contributed by atoms with E-state index in [0.29, 0.717) is 5.04 Å². The molecule has 0 spiro atoms. The zero-order valence-corrected chi connectivity index (χ0v) is 16.1. The maximum Gasteiger partial charge on any atom is 0.191 e. The van der Waals surface area contributed by atoms with Crippen molar-refractivity contribution in [2.24, 2.45) is 0 Å². The summed E-state index contributed by atoms with van der Waals surface area (Å²) < 4.78 is 6.20. The van der Waals surface area contributed by atoms with Crippen LogP contribution in [0.5, 0.6) is 0 Å². The lowest BCUT2D eigenvalue weighted by molar-refractivity contribution is 0.277. The Balaban J connectivity index is 2.11. The molecule has 1 N–H and O–H groups in total. The van der Waals surface area contributed by atoms with Crippen molar-refractivity contribution in [3.05, 3.63) is 35.4 Å². The summed E-state index contributed by atoms with van der Waals surface area (Å²) >= 11 is 0. The fourth-order valence-electron chi connectivity index (χ4n) is 2.14. The molecule has 22 heavy (non-hydrogen) atoms. The molecule has 0 unspecified atom stereocenters. The minimum atomic E-state index is -1.56. The highest BCUT2D eigenvalue weighted by Crippen LogP contribution is 2.36. The second-order valence-corrected chi connectivity index (χ2v) is 12.6. The SMILES string of the molecule is CC(C)(C)[Si](C)(C)OCCCCCCc1ccc(CO)cc1. The van der Waals surface area contributed by atoms with E-state index in [0.717, 1.165) is 18.6 Å². The second kappa shape index (κ2) is 8.85. The molecule has 0 aliphatic heterocycles. The number of unbranched alkanes of at least 4 members (excludes halogenated alkanes) is 3. The van der Waals surface area contributed by atoms with Gasteiger partial charge in [0.05, 0.1) is 6.61 Å². The third kappa shape index (κ3) is 6.63. The number of hydrogen-bond acceptors (Lipinski definition) is 2. The standard InChI is InChI=1S/C19H34O2Si/c1-19(2,3)22(4,5)21-15-9-7-6-8-10-17-11-13-18(16-20)14-12-17/h11-14,20H,6-10,15-16H2,1-5H3. The van der Waals surface area contributed by atoms with Gasteiger partial charge < -0.3 is 9.53 Å². The van der Waals surface area contributed by atoms with Gasteiger partial charge in [0.15, 0.2) is 8.32 Å². The molecule has 1 rings (SSSR count). The van der Waals surface area contributed by atoms with Gasteiger partial charge in [-0.3, -0.25) is 0 Å². The maximum absolute atomic E-state index is 9.02. The Morgan fingerprint density at radius 2 is 1.45 bits per heavy atom. The molecule has 0 saturated heterocycles. The molecule has 1 aromatic rings. The van der Waals surface area contributed by atoms with Crippen molar-refractivity contribution in [1.82, 2.24) is 0 Å². The van der Waals surface area contributed by atoms with E-state index in [1.807, 2.05) is 12.1 Å². The van der Waals surface area contributed by atoms with Gasteiger partial charge in [-0.1, -0.05) is 57.9 Å². The van der Waals surface area contributed by atoms with Gasteiger partial charge in [-0.25, -0.2) is 0 Å². The summed E-state index contributed by atoms with van der Waals surface area (Å²) in [6.07, 6.45) is 6.06. The third-order valence-electron chi connectivity index (χ3n) is 4.83. The lowest BCUT2D eigenvalue weighted by atomic mass is 10.0. The smallest absolute Gasteiger partial charge is 0.191 e. The van der Waals surface area contributed by atoms with Gasteiger partial charge >= 0.3 is 0 Å². The molecular weight excluding hydrogens is 288 g/mol. The highest BCUT2D eigenvalue weighted by atomic mass is 28.4. The molecule has 0 heterocycles. The predicted molar refractivity (Wildman–Crippen MR) is 97.7 cm³/mol. The molecule has 0 aromatic heterocycles. The Bertz CT molecular complexity index is 418. The highest BCUT2D eigenvalue weighted by Gasteiger charge is 2.36. The van der Waals surface area contributed by atoms with Gasteiger partial charge in [-0.15, -0.1) is 0 Å². The lowest BCUT2D eigenvalue weighted by Gasteiger charge is -2.36. The fraction of sp³-hybridized carbons (Fsp3) is 0.684. The van der Waals surface area contributed by atoms with Gasteiger partial charge in [-0.05, 0) is 48.5 Å². The van der Waals surface area contributed by atoms with E-state index < -0.39 is 8.32 Å². The molecule has 0 saturated carbocycles. The molecular formula is C19H34O2Si. The molecule has 0 bridgehead atoms. The monoisotopic (exact) mass is 322 g/mol. The van der Waals surface area contributed by atoms with E-state index in [1.54, 1.807) is 0 Å². The van der Waals surface area contributed by atoms with Crippen LogP contribution in [0.2, 0.25) is 18.1 Å². The van der Waals surface area contributed by atoms with E-state index in [4.69, 9.17) is 9.53 Å². The normalized spacial score (nSPS) is 12.6. The van der Waals surface area contributed by atoms with Crippen LogP contribution in [0.1, 0.15) is 57.6 Å². The Labute approximate surface area is 138 Å². The molecule has 0 aliphatic carbocycles. The summed E-state index contributed by atoms with van der Waals surface area (Å²) in [4.78, 5) is 0. The van der Waals surface area contributed by atoms with Crippen LogP contribution in [-0.4, -0.2) is 20.0 Å². The lowest BCUT2D eigenvalue weighted by Crippen LogP contribution is -2.40. The quantitative estimate of drug-likeness (QED) is 0.493. The Kier molecular flexibility index (Phi) is 7.81. The molecule has 0 fully saturated rings. The summed E-state index contributed by atoms with van der Waals surface area (Å²) in [5.74, 6) is 0. The van der Waals surface area contributed by atoms with E-state index in [1.165, 1.54) is 31.2 Å². The van der Waals surface area contributed by atoms with Crippen LogP contribution in [0.4, 0.5) is 0 Å². The largest absolute Gasteiger partial charge is 0.417 e. The second-order valence-electron chi connectivity index (χ2n) is 7.75. The molecule has 2 nitrogen and oxygen atoms in total. The van der Waals surface area contributed by atoms with Gasteiger partial charge in [0.1, 0.15) is 0 Å². The van der Waals surface area contributed by atoms with Crippen LogP contribution < -0.4 is 0 Å². The first kappa shape index (κ1) is 19.4. The summed E-state index contributed by atoms with van der Waals surface area (Å²) in [7, 11) is -1.56. The molecule has 1 aromatic carbocycles. The summed E-state index contributed by atoms with van der Waals surface area (Å²) in [6.45, 7) is 12.6. The van der Waals surface area contributed by atoms with Crippen LogP contribution in [-0.2, 0) is 17.5 Å². The Morgan fingerprint density at radius 1 is 0.909 bits per heavy atom. The highest BCUT2D eigenvalue weighted by molar-refractivity contribution is 6.74. The van der Waals surface area contributed by atoms with Crippen molar-refractivity contribution in [2.75, 3.05) is 6.61 Å². The number of benzene rings is 1. The van der Waals surface area contributed by atoms with Crippen LogP contribution in [0.15, 0.2) is 24.3 Å². The van der Waals surface area contributed by atoms with Crippen LogP contribution >= 0.6 is 0 Å². The fourth-order valence-corrected chi connectivity index (χ4v) is 3.23. The third-order valence-corrected chi connectivity index (χ3v) is 9.37. The van der Waals surface area contributed by atoms with E-state index >= 15 is 0 Å². The summed E-state index contributed by atoms with van der Waals surface area (Å²) in [5.41, 5.74) is 2.36. The predicted octanol–water partition coefficient (Wildman–Crippen LogP) is 5.30. The first-order valence-corrected chi connectivity index (χ1v) is 11.5. The maximum atomic E-state index is 9.02. The van der Waals surface area contributed by atoms with Gasteiger partial charge in [0, 0.05) is 6.61 Å². The minimum absolute atomic E-state index is 0.133. The molecule has 126 valence electrons. The van der Waals surface area contributed by atoms with Crippen LogP contribution in [0, 0.1) is 0 Å². The number of aliphatic hydroxyl groups is 1. The van der Waals surface area contributed by atoms with Gasteiger partial charge in [0.2, 0.25) is 0 Å². The summed E-state index contributed by atoms with van der Waals surface area (Å²) in [6, 6.07) is 8.29. The number of rotatable bonds is 9. The van der Waals surface area contributed by atoms with Crippen molar-refractivity contribution in [1.29, 1.82) is 0 Å². The topological polar surface area (TPSA) is 29.5 Å². The Morgan fingerprint density at radius 3 is 2.00 bits per heavy atom. The van der Waals surface area contributed by atoms with Crippen molar-refractivity contribution in [3.63, 3.8) is 0 Å². The number of aliphatic hydroxyl groups excluding tert-OH is 1. The van der Waals surface area contributed by atoms with E-state index in [2.05, 4.69) is 46.0 Å². The average molecular weight is 323 g/mol. The Hall–Kier alpha value is -0.643. The van der Waals surface area contributed by atoms with Gasteiger partial charge in [0.25, 0.3) is 0 Å². The zero-order chi connectivity index (χ0) is 16.6. The van der Waals surface area contributed by atoms with E-state index in [-0.39, 0.29) is 6.61 Å². The molecule has 0 radical (unpaired) electrons. The molecule has 0 atom stereocenters. The van der Waals surface area contributed by atoms with Crippen molar-refractivity contribution >= 4 is 8.32 Å². The average Bonchev–Trinajstić information content (AvgIpc) is 2.45. The first-order chi connectivity index (χ1) is 10.3. The zero-order valence-electron chi connectivity index (χ0n) is 15.1. The number of hydrogen-bond donors (Lipinski definition) is 1. The van der Waals surface area contributed by atoms with Gasteiger partial charge in [-0.2, -0.15) is 0 Å². The minimum Gasteiger partial charge on any atom is -0.417 e. The molecule has 3 heteroatoms. The van der Waals surface area contributed by atoms with E-state index in [9.17, 15) is 0 Å². The van der Waals surface area contributed by atoms with Crippen molar-refractivity contribution in [3.8, 4) is 0 Å². The number of aryl methyl sites for hydroxylation is 1.